The molecule has 170 valence electrons. The Morgan fingerprint density at radius 2 is 1.09 bits per heavy atom. The quantitative estimate of drug-likeness (QED) is 0.457. The topological polar surface area (TPSA) is 40.1 Å². The maximum absolute atomic E-state index is 13.2. The molecule has 0 amide bonds. The molecule has 4 aliphatic rings. The highest BCUT2D eigenvalue weighted by atomic mass is 32.2. The summed E-state index contributed by atoms with van der Waals surface area (Å²) in [5.74, 6) is 1.18. The van der Waals surface area contributed by atoms with Gasteiger partial charge in [-0.15, -0.1) is 0 Å². The minimum absolute atomic E-state index is 0.190. The number of aliphatic carboxylic acids is 1. The number of carboxylic acid groups (broad SMARTS) is 1. The van der Waals surface area contributed by atoms with Gasteiger partial charge in [0.2, 0.25) is 0 Å². The van der Waals surface area contributed by atoms with E-state index >= 15 is 0 Å². The van der Waals surface area contributed by atoms with Crippen molar-refractivity contribution in [2.24, 2.45) is 23.2 Å². The van der Waals surface area contributed by atoms with Gasteiger partial charge in [0, 0.05) is 11.4 Å². The molecular formula is C29H29FO2S. The van der Waals surface area contributed by atoms with Crippen molar-refractivity contribution in [3.8, 4) is 0 Å². The van der Waals surface area contributed by atoms with Crippen LogP contribution in [0.2, 0.25) is 0 Å². The Labute approximate surface area is 198 Å². The van der Waals surface area contributed by atoms with Crippen LogP contribution >= 0.6 is 0 Å². The lowest BCUT2D eigenvalue weighted by Gasteiger charge is -2.57. The van der Waals surface area contributed by atoms with Gasteiger partial charge in [-0.3, -0.25) is 0 Å². The molecule has 0 heterocycles. The summed E-state index contributed by atoms with van der Waals surface area (Å²) in [5.41, 5.74) is -0.394. The van der Waals surface area contributed by atoms with Crippen molar-refractivity contribution >= 4 is 16.9 Å². The van der Waals surface area contributed by atoms with E-state index in [1.165, 1.54) is 41.2 Å². The zero-order valence-corrected chi connectivity index (χ0v) is 19.5. The van der Waals surface area contributed by atoms with Crippen LogP contribution in [-0.4, -0.2) is 5.97 Å². The molecule has 2 nitrogen and oxygen atoms in total. The fraction of sp³-hybridized carbons (Fsp3) is 0.345. The van der Waals surface area contributed by atoms with Crippen LogP contribution in [0.15, 0.2) is 99.6 Å². The van der Waals surface area contributed by atoms with Gasteiger partial charge < -0.3 is 9.90 Å². The Morgan fingerprint density at radius 1 is 0.697 bits per heavy atom. The average Bonchev–Trinajstić information content (AvgIpc) is 2.82. The van der Waals surface area contributed by atoms with Crippen molar-refractivity contribution in [2.45, 2.75) is 53.2 Å². The lowest BCUT2D eigenvalue weighted by molar-refractivity contribution is -0.327. The van der Waals surface area contributed by atoms with Crippen molar-refractivity contribution in [1.82, 2.24) is 0 Å². The van der Waals surface area contributed by atoms with E-state index in [1.807, 2.05) is 48.5 Å². The second kappa shape index (κ2) is 9.34. The molecule has 0 atom stereocenters. The predicted octanol–water partition coefficient (Wildman–Crippen LogP) is 5.87. The molecule has 4 aliphatic carbocycles. The van der Waals surface area contributed by atoms with Crippen LogP contribution in [-0.2, 0) is 15.7 Å². The van der Waals surface area contributed by atoms with Crippen molar-refractivity contribution in [2.75, 3.05) is 0 Å². The predicted molar refractivity (Wildman–Crippen MR) is 127 cm³/mol. The molecule has 0 radical (unpaired) electrons. The summed E-state index contributed by atoms with van der Waals surface area (Å²) in [6.45, 7) is 0. The van der Waals surface area contributed by atoms with E-state index < -0.39 is 11.4 Å². The maximum Gasteiger partial charge on any atom is 0.166 e. The Bertz CT molecular complexity index is 1010. The van der Waals surface area contributed by atoms with Crippen LogP contribution in [0.3, 0.4) is 0 Å². The molecule has 7 rings (SSSR count). The van der Waals surface area contributed by atoms with Crippen LogP contribution in [0.4, 0.5) is 4.39 Å². The monoisotopic (exact) mass is 460 g/mol. The lowest BCUT2D eigenvalue weighted by Crippen LogP contribution is -2.54. The Balaban J connectivity index is 0.000000151. The number of benzene rings is 3. The standard InChI is InChI=1S/C18H14FS.C11H16O2/c19-15-11-13-18(14-12-15)20(16-7-3-1-4-8-16)17-9-5-2-6-10-17;12-10(13)11-4-7-1-8(5-11)3-9(2-7)6-11/h1-14H;7-9H,1-6H2,(H,12,13)/q+1;/p-1. The summed E-state index contributed by atoms with van der Waals surface area (Å²) in [7, 11) is -0.190. The third-order valence-corrected chi connectivity index (χ3v) is 9.71. The molecule has 0 saturated heterocycles. The minimum atomic E-state index is -0.758. The number of carbonyl (C=O) groups is 1. The maximum atomic E-state index is 13.2. The number of rotatable bonds is 4. The molecule has 33 heavy (non-hydrogen) atoms. The molecule has 0 aliphatic heterocycles. The molecule has 4 fully saturated rings. The molecule has 3 aromatic carbocycles. The van der Waals surface area contributed by atoms with Gasteiger partial charge in [-0.2, -0.15) is 0 Å². The van der Waals surface area contributed by atoms with Gasteiger partial charge >= 0.3 is 0 Å². The fourth-order valence-electron chi connectivity index (χ4n) is 6.45. The lowest BCUT2D eigenvalue weighted by atomic mass is 9.49. The molecule has 4 heteroatoms. The van der Waals surface area contributed by atoms with Gasteiger partial charge in [-0.25, -0.2) is 4.39 Å². The van der Waals surface area contributed by atoms with E-state index in [-0.39, 0.29) is 16.7 Å². The molecular weight excluding hydrogens is 431 g/mol. The Kier molecular flexibility index (Phi) is 6.29. The summed E-state index contributed by atoms with van der Waals surface area (Å²) in [6, 6.07) is 27.5. The van der Waals surface area contributed by atoms with Gasteiger partial charge in [-0.1, -0.05) is 36.4 Å². The Morgan fingerprint density at radius 3 is 1.48 bits per heavy atom. The van der Waals surface area contributed by atoms with E-state index in [9.17, 15) is 14.3 Å². The smallest absolute Gasteiger partial charge is 0.166 e. The van der Waals surface area contributed by atoms with Gasteiger partial charge in [-0.05, 0) is 105 Å². The SMILES string of the molecule is Fc1ccc([S+](c2ccccc2)c2ccccc2)cc1.O=C([O-])C12CC3CC(CC(C3)C1)C2. The largest absolute Gasteiger partial charge is 0.550 e. The normalized spacial score (nSPS) is 27.2. The summed E-state index contributed by atoms with van der Waals surface area (Å²) < 4.78 is 13.2. The van der Waals surface area contributed by atoms with E-state index in [0.29, 0.717) is 17.8 Å². The summed E-state index contributed by atoms with van der Waals surface area (Å²) in [4.78, 5) is 14.8. The zero-order chi connectivity index (χ0) is 22.8. The Hall–Kier alpha value is -2.59. The van der Waals surface area contributed by atoms with E-state index in [0.717, 1.165) is 24.2 Å². The number of hydrogen-bond donors (Lipinski definition) is 0. The average molecular weight is 461 g/mol. The number of hydrogen-bond acceptors (Lipinski definition) is 2. The van der Waals surface area contributed by atoms with Crippen LogP contribution in [0.1, 0.15) is 38.5 Å². The fourth-order valence-corrected chi connectivity index (χ4v) is 8.54. The van der Waals surface area contributed by atoms with Gasteiger partial charge in [0.15, 0.2) is 14.7 Å². The van der Waals surface area contributed by atoms with Crippen molar-refractivity contribution < 1.29 is 14.3 Å². The number of carbonyl (C=O) groups excluding carboxylic acids is 1. The van der Waals surface area contributed by atoms with Gasteiger partial charge in [0.25, 0.3) is 0 Å². The van der Waals surface area contributed by atoms with Gasteiger partial charge in [0.1, 0.15) is 5.82 Å². The first kappa shape index (κ1) is 22.2. The highest BCUT2D eigenvalue weighted by Crippen LogP contribution is 2.59. The van der Waals surface area contributed by atoms with E-state index in [2.05, 4.69) is 24.3 Å². The molecule has 4 saturated carbocycles. The minimum Gasteiger partial charge on any atom is -0.550 e. The van der Waals surface area contributed by atoms with Crippen LogP contribution in [0.5, 0.6) is 0 Å². The number of carboxylic acids is 1. The highest BCUT2D eigenvalue weighted by Gasteiger charge is 2.51. The first-order valence-electron chi connectivity index (χ1n) is 11.8. The second-order valence-corrected chi connectivity index (χ2v) is 11.9. The molecule has 0 unspecified atom stereocenters. The second-order valence-electron chi connectivity index (χ2n) is 9.87. The van der Waals surface area contributed by atoms with Crippen LogP contribution in [0, 0.1) is 29.0 Å². The van der Waals surface area contributed by atoms with Crippen LogP contribution < -0.4 is 5.11 Å². The molecule has 4 bridgehead atoms. The van der Waals surface area contributed by atoms with Crippen molar-refractivity contribution in [3.63, 3.8) is 0 Å². The molecule has 0 spiro atoms. The van der Waals surface area contributed by atoms with E-state index in [4.69, 9.17) is 0 Å². The third kappa shape index (κ3) is 4.72. The van der Waals surface area contributed by atoms with E-state index in [1.54, 1.807) is 0 Å². The van der Waals surface area contributed by atoms with Crippen LogP contribution in [0.25, 0.3) is 0 Å². The molecule has 0 aromatic heterocycles. The van der Waals surface area contributed by atoms with Crippen molar-refractivity contribution in [1.29, 1.82) is 0 Å². The summed E-state index contributed by atoms with van der Waals surface area (Å²) in [6.07, 6.45) is 6.65. The zero-order valence-electron chi connectivity index (χ0n) is 18.7. The van der Waals surface area contributed by atoms with Crippen molar-refractivity contribution in [3.05, 3.63) is 90.7 Å². The summed E-state index contributed by atoms with van der Waals surface area (Å²) >= 11 is 0. The highest BCUT2D eigenvalue weighted by molar-refractivity contribution is 7.97. The third-order valence-electron chi connectivity index (χ3n) is 7.48. The molecule has 3 aromatic rings. The summed E-state index contributed by atoms with van der Waals surface area (Å²) in [5, 5.41) is 11.1. The molecule has 0 N–H and O–H groups in total. The first-order chi connectivity index (χ1) is 16.0. The number of halogens is 1. The van der Waals surface area contributed by atoms with Gasteiger partial charge in [0.05, 0.1) is 10.9 Å². The first-order valence-corrected chi connectivity index (χ1v) is 13.1.